The topological polar surface area (TPSA) is 151 Å². The molecule has 2 aromatic carbocycles. The Kier molecular flexibility index (Phi) is 7.67. The number of para-hydroxylation sites is 2. The van der Waals surface area contributed by atoms with E-state index in [1.54, 1.807) is 17.0 Å². The number of amides is 1. The second kappa shape index (κ2) is 10.2. The number of nitrogens with one attached hydrogen (secondary N) is 1. The van der Waals surface area contributed by atoms with Crippen LogP contribution in [0.2, 0.25) is 0 Å². The van der Waals surface area contributed by atoms with E-state index < -0.39 is 17.6 Å². The molecule has 0 heterocycles. The van der Waals surface area contributed by atoms with Crippen LogP contribution in [0.4, 0.5) is 0 Å². The number of hydrogen-bond acceptors (Lipinski definition) is 7. The van der Waals surface area contributed by atoms with Gasteiger partial charge in [-0.1, -0.05) is 18.2 Å². The molecular formula is C20H24N2O7. The molecule has 0 saturated carbocycles. The zero-order valence-corrected chi connectivity index (χ0v) is 15.7. The van der Waals surface area contributed by atoms with Crippen molar-refractivity contribution in [1.82, 2.24) is 10.2 Å². The highest BCUT2D eigenvalue weighted by Crippen LogP contribution is 2.29. The second-order valence-electron chi connectivity index (χ2n) is 6.53. The molecule has 0 aliphatic heterocycles. The van der Waals surface area contributed by atoms with Crippen LogP contribution in [-0.4, -0.2) is 61.9 Å². The Morgan fingerprint density at radius 2 is 1.55 bits per heavy atom. The number of carboxylic acid groups (broad SMARTS) is 1. The normalized spacial score (nSPS) is 10.8. The van der Waals surface area contributed by atoms with E-state index in [-0.39, 0.29) is 35.9 Å². The zero-order valence-electron chi connectivity index (χ0n) is 15.7. The van der Waals surface area contributed by atoms with Crippen molar-refractivity contribution in [3.8, 4) is 23.0 Å². The van der Waals surface area contributed by atoms with Gasteiger partial charge in [-0.05, 0) is 37.6 Å². The standard InChI is InChI=1S/C20H24N2O7/c23-15-7-3-5-13(18(15)27)11-22(12-17(25)26)10-2-1-9-21-20(29)14-6-4-8-16(24)19(14)28/h3-8,23-24,27-28H,1-2,9-12H2,(H,21,29)(H,25,26). The first kappa shape index (κ1) is 21.8. The van der Waals surface area contributed by atoms with Crippen LogP contribution in [0.25, 0.3) is 0 Å². The van der Waals surface area contributed by atoms with Crippen molar-refractivity contribution in [2.75, 3.05) is 19.6 Å². The van der Waals surface area contributed by atoms with Crippen LogP contribution in [0, 0.1) is 0 Å². The first-order valence-corrected chi connectivity index (χ1v) is 9.02. The largest absolute Gasteiger partial charge is 0.504 e. The van der Waals surface area contributed by atoms with Gasteiger partial charge in [-0.25, -0.2) is 0 Å². The van der Waals surface area contributed by atoms with Gasteiger partial charge >= 0.3 is 5.97 Å². The summed E-state index contributed by atoms with van der Waals surface area (Å²) in [7, 11) is 0. The van der Waals surface area contributed by atoms with Gasteiger partial charge in [-0.15, -0.1) is 0 Å². The van der Waals surface area contributed by atoms with Gasteiger partial charge in [0.2, 0.25) is 0 Å². The Morgan fingerprint density at radius 3 is 2.24 bits per heavy atom. The third-order valence-corrected chi connectivity index (χ3v) is 4.30. The molecule has 0 aliphatic carbocycles. The maximum absolute atomic E-state index is 12.0. The number of aliphatic carboxylic acids is 1. The van der Waals surface area contributed by atoms with E-state index >= 15 is 0 Å². The molecule has 9 heteroatoms. The molecule has 0 saturated heterocycles. The lowest BCUT2D eigenvalue weighted by Gasteiger charge is -2.21. The monoisotopic (exact) mass is 404 g/mol. The number of phenols is 4. The van der Waals surface area contributed by atoms with Gasteiger partial charge in [0.05, 0.1) is 12.1 Å². The fraction of sp³-hybridized carbons (Fsp3) is 0.300. The van der Waals surface area contributed by atoms with Gasteiger partial charge < -0.3 is 30.8 Å². The fourth-order valence-corrected chi connectivity index (χ4v) is 2.82. The third kappa shape index (κ3) is 6.28. The fourth-order valence-electron chi connectivity index (χ4n) is 2.82. The molecule has 1 amide bonds. The number of carbonyl (C=O) groups excluding carboxylic acids is 1. The van der Waals surface area contributed by atoms with Crippen LogP contribution < -0.4 is 5.32 Å². The van der Waals surface area contributed by atoms with Crippen molar-refractivity contribution in [2.24, 2.45) is 0 Å². The van der Waals surface area contributed by atoms with E-state index in [9.17, 15) is 30.0 Å². The Labute approximate surface area is 167 Å². The molecule has 0 aliphatic rings. The summed E-state index contributed by atoms with van der Waals surface area (Å²) in [4.78, 5) is 24.8. The van der Waals surface area contributed by atoms with Crippen LogP contribution in [0.15, 0.2) is 36.4 Å². The second-order valence-corrected chi connectivity index (χ2v) is 6.53. The molecule has 156 valence electrons. The molecule has 9 nitrogen and oxygen atoms in total. The predicted octanol–water partition coefficient (Wildman–Crippen LogP) is 1.61. The number of unbranched alkanes of at least 4 members (excludes halogenated alkanes) is 1. The number of phenolic OH excluding ortho intramolecular Hbond substituents is 4. The molecule has 0 unspecified atom stereocenters. The summed E-state index contributed by atoms with van der Waals surface area (Å²) in [6.45, 7) is 0.607. The lowest BCUT2D eigenvalue weighted by atomic mass is 10.1. The highest BCUT2D eigenvalue weighted by molar-refractivity contribution is 5.97. The van der Waals surface area contributed by atoms with Crippen molar-refractivity contribution in [3.05, 3.63) is 47.5 Å². The van der Waals surface area contributed by atoms with Crippen LogP contribution in [-0.2, 0) is 11.3 Å². The van der Waals surface area contributed by atoms with Crippen molar-refractivity contribution >= 4 is 11.9 Å². The number of nitrogens with zero attached hydrogens (tertiary/aromatic N) is 1. The Hall–Kier alpha value is -3.46. The van der Waals surface area contributed by atoms with E-state index in [1.807, 2.05) is 0 Å². The number of carboxylic acids is 1. The molecule has 0 aromatic heterocycles. The number of benzene rings is 2. The number of aromatic hydroxyl groups is 4. The summed E-state index contributed by atoms with van der Waals surface area (Å²) in [6, 6.07) is 8.62. The summed E-state index contributed by atoms with van der Waals surface area (Å²) in [6.07, 6.45) is 1.12. The van der Waals surface area contributed by atoms with Gasteiger partial charge in [-0.2, -0.15) is 0 Å². The van der Waals surface area contributed by atoms with Crippen LogP contribution in [0.5, 0.6) is 23.0 Å². The Balaban J connectivity index is 1.83. The average molecular weight is 404 g/mol. The lowest BCUT2D eigenvalue weighted by Crippen LogP contribution is -2.31. The molecule has 2 rings (SSSR count). The Bertz CT molecular complexity index is 870. The summed E-state index contributed by atoms with van der Waals surface area (Å²) in [5, 5.41) is 50.3. The summed E-state index contributed by atoms with van der Waals surface area (Å²) in [5.74, 6) is -2.94. The third-order valence-electron chi connectivity index (χ3n) is 4.30. The number of hydrogen-bond donors (Lipinski definition) is 6. The molecule has 29 heavy (non-hydrogen) atoms. The number of rotatable bonds is 10. The van der Waals surface area contributed by atoms with Crippen LogP contribution in [0.1, 0.15) is 28.8 Å². The minimum atomic E-state index is -1.02. The highest BCUT2D eigenvalue weighted by Gasteiger charge is 2.15. The van der Waals surface area contributed by atoms with E-state index in [0.29, 0.717) is 31.5 Å². The van der Waals surface area contributed by atoms with Gasteiger partial charge in [0.1, 0.15) is 0 Å². The van der Waals surface area contributed by atoms with Gasteiger partial charge in [-0.3, -0.25) is 14.5 Å². The summed E-state index contributed by atoms with van der Waals surface area (Å²) < 4.78 is 0. The molecule has 0 atom stereocenters. The maximum atomic E-state index is 12.0. The van der Waals surface area contributed by atoms with E-state index in [1.165, 1.54) is 24.3 Å². The highest BCUT2D eigenvalue weighted by atomic mass is 16.4. The molecule has 0 fully saturated rings. The Morgan fingerprint density at radius 1 is 0.897 bits per heavy atom. The van der Waals surface area contributed by atoms with Crippen LogP contribution in [0.3, 0.4) is 0 Å². The van der Waals surface area contributed by atoms with E-state index in [2.05, 4.69) is 5.32 Å². The molecule has 6 N–H and O–H groups in total. The summed E-state index contributed by atoms with van der Waals surface area (Å²) in [5.41, 5.74) is 0.385. The maximum Gasteiger partial charge on any atom is 0.317 e. The average Bonchev–Trinajstić information content (AvgIpc) is 2.66. The zero-order chi connectivity index (χ0) is 21.4. The smallest absolute Gasteiger partial charge is 0.317 e. The molecule has 0 spiro atoms. The van der Waals surface area contributed by atoms with E-state index in [0.717, 1.165) is 0 Å². The first-order valence-electron chi connectivity index (χ1n) is 9.02. The predicted molar refractivity (Wildman–Crippen MR) is 104 cm³/mol. The number of carbonyl (C=O) groups is 2. The van der Waals surface area contributed by atoms with Gasteiger partial charge in [0.25, 0.3) is 5.91 Å². The molecule has 0 radical (unpaired) electrons. The van der Waals surface area contributed by atoms with Crippen molar-refractivity contribution in [2.45, 2.75) is 19.4 Å². The quantitative estimate of drug-likeness (QED) is 0.258. The van der Waals surface area contributed by atoms with Gasteiger partial charge in [0, 0.05) is 18.7 Å². The SMILES string of the molecule is O=C(O)CN(CCCCNC(=O)c1cccc(O)c1O)Cc1cccc(O)c1O. The van der Waals surface area contributed by atoms with E-state index in [4.69, 9.17) is 5.11 Å². The van der Waals surface area contributed by atoms with Gasteiger partial charge in [0.15, 0.2) is 23.0 Å². The van der Waals surface area contributed by atoms with Crippen molar-refractivity contribution < 1.29 is 35.1 Å². The first-order chi connectivity index (χ1) is 13.8. The minimum absolute atomic E-state index is 0.0307. The van der Waals surface area contributed by atoms with Crippen molar-refractivity contribution in [1.29, 1.82) is 0 Å². The molecule has 2 aromatic rings. The van der Waals surface area contributed by atoms with Crippen molar-refractivity contribution in [3.63, 3.8) is 0 Å². The molecular weight excluding hydrogens is 380 g/mol. The minimum Gasteiger partial charge on any atom is -0.504 e. The molecule has 0 bridgehead atoms. The van der Waals surface area contributed by atoms with Crippen LogP contribution >= 0.6 is 0 Å². The summed E-state index contributed by atoms with van der Waals surface area (Å²) >= 11 is 0. The lowest BCUT2D eigenvalue weighted by molar-refractivity contribution is -0.138.